The summed E-state index contributed by atoms with van der Waals surface area (Å²) < 4.78 is 1.89. The number of aromatic nitrogens is 2. The third-order valence-corrected chi connectivity index (χ3v) is 5.00. The first-order chi connectivity index (χ1) is 10.3. The van der Waals surface area contributed by atoms with Gasteiger partial charge in [0.25, 0.3) is 0 Å². The van der Waals surface area contributed by atoms with Gasteiger partial charge in [0.2, 0.25) is 0 Å². The number of rotatable bonds is 4. The number of hydrogen-bond acceptors (Lipinski definition) is 2. The van der Waals surface area contributed by atoms with Gasteiger partial charge in [-0.25, -0.2) is 0 Å². The van der Waals surface area contributed by atoms with Crippen LogP contribution < -0.4 is 10.6 Å². The van der Waals surface area contributed by atoms with E-state index in [1.165, 1.54) is 38.5 Å². The molecule has 2 saturated carbocycles. The molecule has 1 heterocycles. The van der Waals surface area contributed by atoms with E-state index in [2.05, 4.69) is 20.7 Å². The molecular formula is C16H28IN5. The zero-order chi connectivity index (χ0) is 14.7. The van der Waals surface area contributed by atoms with Gasteiger partial charge in [-0.05, 0) is 24.3 Å². The summed E-state index contributed by atoms with van der Waals surface area (Å²) in [5.74, 6) is 2.74. The maximum Gasteiger partial charge on any atom is 0.191 e. The Labute approximate surface area is 150 Å². The number of hydrogen-bond donors (Lipinski definition) is 2. The van der Waals surface area contributed by atoms with Crippen molar-refractivity contribution in [3.63, 3.8) is 0 Å². The molecular weight excluding hydrogens is 389 g/mol. The Hall–Kier alpha value is -0.790. The highest BCUT2D eigenvalue weighted by Crippen LogP contribution is 2.44. The lowest BCUT2D eigenvalue weighted by atomic mass is 9.85. The van der Waals surface area contributed by atoms with Gasteiger partial charge in [0, 0.05) is 26.3 Å². The van der Waals surface area contributed by atoms with E-state index < -0.39 is 0 Å². The average Bonchev–Trinajstić information content (AvgIpc) is 3.17. The number of nitrogens with one attached hydrogen (secondary N) is 2. The van der Waals surface area contributed by atoms with Crippen LogP contribution in [0.15, 0.2) is 17.3 Å². The van der Waals surface area contributed by atoms with Crippen LogP contribution in [0.3, 0.4) is 0 Å². The molecule has 0 amide bonds. The van der Waals surface area contributed by atoms with Crippen LogP contribution >= 0.6 is 24.0 Å². The maximum atomic E-state index is 4.34. The average molecular weight is 417 g/mol. The molecule has 0 radical (unpaired) electrons. The van der Waals surface area contributed by atoms with Crippen LogP contribution in [0.25, 0.3) is 0 Å². The van der Waals surface area contributed by atoms with Crippen LogP contribution in [-0.4, -0.2) is 28.8 Å². The first kappa shape index (κ1) is 17.6. The Kier molecular flexibility index (Phi) is 6.52. The lowest BCUT2D eigenvalue weighted by Crippen LogP contribution is -2.39. The van der Waals surface area contributed by atoms with Gasteiger partial charge in [-0.15, -0.1) is 24.0 Å². The summed E-state index contributed by atoms with van der Waals surface area (Å²) in [6, 6.07) is 2.66. The van der Waals surface area contributed by atoms with Crippen molar-refractivity contribution >= 4 is 29.9 Å². The summed E-state index contributed by atoms with van der Waals surface area (Å²) in [6.45, 7) is 0.761. The summed E-state index contributed by atoms with van der Waals surface area (Å²) in [5.41, 5.74) is 1.16. The molecule has 2 fully saturated rings. The molecule has 5 nitrogen and oxygen atoms in total. The molecule has 2 atom stereocenters. The van der Waals surface area contributed by atoms with Gasteiger partial charge in [-0.3, -0.25) is 9.67 Å². The minimum absolute atomic E-state index is 0. The molecule has 0 spiro atoms. The minimum atomic E-state index is 0. The zero-order valence-electron chi connectivity index (χ0n) is 13.6. The highest BCUT2D eigenvalue weighted by molar-refractivity contribution is 14.0. The number of aryl methyl sites for hydroxylation is 1. The van der Waals surface area contributed by atoms with E-state index in [4.69, 9.17) is 0 Å². The first-order valence-electron chi connectivity index (χ1n) is 8.22. The Morgan fingerprint density at radius 3 is 2.77 bits per heavy atom. The largest absolute Gasteiger partial charge is 0.353 e. The van der Waals surface area contributed by atoms with E-state index in [1.54, 1.807) is 0 Å². The van der Waals surface area contributed by atoms with Crippen LogP contribution in [0.4, 0.5) is 0 Å². The molecule has 0 bridgehead atoms. The van der Waals surface area contributed by atoms with Crippen LogP contribution in [0.1, 0.15) is 44.2 Å². The van der Waals surface area contributed by atoms with Crippen molar-refractivity contribution in [3.8, 4) is 0 Å². The predicted molar refractivity (Wildman–Crippen MR) is 100 cm³/mol. The Morgan fingerprint density at radius 1 is 1.36 bits per heavy atom. The second kappa shape index (κ2) is 8.17. The molecule has 2 N–H and O–H groups in total. The van der Waals surface area contributed by atoms with Gasteiger partial charge < -0.3 is 10.6 Å². The standard InChI is InChI=1S/C16H27N5.HI/c1-17-16(18-11-13-8-9-19-21(13)2)20-15-10-14(15)12-6-4-3-5-7-12;/h8-9,12,14-15H,3-7,10-11H2,1-2H3,(H2,17,18,20);1H. The lowest BCUT2D eigenvalue weighted by molar-refractivity contribution is 0.315. The zero-order valence-corrected chi connectivity index (χ0v) is 15.9. The maximum absolute atomic E-state index is 4.34. The SMILES string of the molecule is CN=C(NCc1ccnn1C)NC1CC1C1CCCCC1.I. The molecule has 124 valence electrons. The van der Waals surface area contributed by atoms with Crippen molar-refractivity contribution in [3.05, 3.63) is 18.0 Å². The van der Waals surface area contributed by atoms with Gasteiger partial charge in [0.1, 0.15) is 0 Å². The summed E-state index contributed by atoms with van der Waals surface area (Å²) in [5, 5.41) is 11.1. The molecule has 0 aromatic carbocycles. The molecule has 0 aliphatic heterocycles. The Balaban J connectivity index is 0.00000176. The van der Waals surface area contributed by atoms with E-state index in [0.29, 0.717) is 6.04 Å². The van der Waals surface area contributed by atoms with Crippen LogP contribution in [0.5, 0.6) is 0 Å². The number of nitrogens with zero attached hydrogens (tertiary/aromatic N) is 3. The quantitative estimate of drug-likeness (QED) is 0.450. The van der Waals surface area contributed by atoms with E-state index in [-0.39, 0.29) is 24.0 Å². The second-order valence-electron chi connectivity index (χ2n) is 6.42. The van der Waals surface area contributed by atoms with Crippen LogP contribution in [-0.2, 0) is 13.6 Å². The van der Waals surface area contributed by atoms with Gasteiger partial charge in [0.05, 0.1) is 12.2 Å². The molecule has 3 rings (SSSR count). The summed E-state index contributed by atoms with van der Waals surface area (Å²) in [4.78, 5) is 4.34. The summed E-state index contributed by atoms with van der Waals surface area (Å²) in [7, 11) is 3.81. The van der Waals surface area contributed by atoms with E-state index in [1.807, 2.05) is 31.0 Å². The highest BCUT2D eigenvalue weighted by atomic mass is 127. The third kappa shape index (κ3) is 4.36. The lowest BCUT2D eigenvalue weighted by Gasteiger charge is -2.22. The van der Waals surface area contributed by atoms with Crippen molar-refractivity contribution in [2.75, 3.05) is 7.05 Å². The molecule has 0 saturated heterocycles. The van der Waals surface area contributed by atoms with Crippen molar-refractivity contribution in [2.24, 2.45) is 23.9 Å². The predicted octanol–water partition coefficient (Wildman–Crippen LogP) is 2.67. The number of aliphatic imine (C=N–C) groups is 1. The fourth-order valence-electron chi connectivity index (χ4n) is 3.58. The topological polar surface area (TPSA) is 54.2 Å². The molecule has 2 aliphatic rings. The smallest absolute Gasteiger partial charge is 0.191 e. The van der Waals surface area contributed by atoms with E-state index in [9.17, 15) is 0 Å². The Morgan fingerprint density at radius 2 is 2.14 bits per heavy atom. The Bertz CT molecular complexity index is 492. The van der Waals surface area contributed by atoms with Crippen LogP contribution in [0.2, 0.25) is 0 Å². The number of halogens is 1. The molecule has 2 unspecified atom stereocenters. The summed E-state index contributed by atoms with van der Waals surface area (Å²) in [6.07, 6.45) is 10.3. The number of guanidine groups is 1. The monoisotopic (exact) mass is 417 g/mol. The highest BCUT2D eigenvalue weighted by Gasteiger charge is 2.43. The van der Waals surface area contributed by atoms with Crippen molar-refractivity contribution in [1.82, 2.24) is 20.4 Å². The fourth-order valence-corrected chi connectivity index (χ4v) is 3.58. The van der Waals surface area contributed by atoms with Gasteiger partial charge in [-0.2, -0.15) is 5.10 Å². The normalized spacial score (nSPS) is 25.5. The molecule has 22 heavy (non-hydrogen) atoms. The van der Waals surface area contributed by atoms with Gasteiger partial charge in [0.15, 0.2) is 5.96 Å². The second-order valence-corrected chi connectivity index (χ2v) is 6.42. The van der Waals surface area contributed by atoms with Gasteiger partial charge in [-0.1, -0.05) is 32.1 Å². The van der Waals surface area contributed by atoms with E-state index in [0.717, 1.165) is 30.0 Å². The van der Waals surface area contributed by atoms with Crippen molar-refractivity contribution in [2.45, 2.75) is 51.1 Å². The molecule has 2 aliphatic carbocycles. The minimum Gasteiger partial charge on any atom is -0.353 e. The summed E-state index contributed by atoms with van der Waals surface area (Å²) >= 11 is 0. The molecule has 1 aromatic heterocycles. The van der Waals surface area contributed by atoms with Crippen molar-refractivity contribution in [1.29, 1.82) is 0 Å². The van der Waals surface area contributed by atoms with Gasteiger partial charge >= 0.3 is 0 Å². The van der Waals surface area contributed by atoms with Crippen LogP contribution in [0, 0.1) is 11.8 Å². The fraction of sp³-hybridized carbons (Fsp3) is 0.750. The molecule has 1 aromatic rings. The van der Waals surface area contributed by atoms with E-state index >= 15 is 0 Å². The molecule has 6 heteroatoms. The van der Waals surface area contributed by atoms with Crippen molar-refractivity contribution < 1.29 is 0 Å². The third-order valence-electron chi connectivity index (χ3n) is 5.00. The first-order valence-corrected chi connectivity index (χ1v) is 8.22.